The summed E-state index contributed by atoms with van der Waals surface area (Å²) in [5, 5.41) is 3.63. The molecular formula is C15H16BrClFNS. The van der Waals surface area contributed by atoms with Gasteiger partial charge in [0.2, 0.25) is 0 Å². The summed E-state index contributed by atoms with van der Waals surface area (Å²) in [6.45, 7) is 7.26. The fraction of sp³-hybridized carbons (Fsp3) is 0.333. The molecule has 0 atom stereocenters. The molecule has 0 saturated carbocycles. The summed E-state index contributed by atoms with van der Waals surface area (Å²) >= 11 is 11.2. The van der Waals surface area contributed by atoms with Gasteiger partial charge in [0, 0.05) is 20.8 Å². The zero-order valence-electron chi connectivity index (χ0n) is 11.6. The van der Waals surface area contributed by atoms with Gasteiger partial charge >= 0.3 is 0 Å². The Balaban J connectivity index is 2.12. The Hall–Kier alpha value is -0.580. The van der Waals surface area contributed by atoms with Crippen LogP contribution in [0.2, 0.25) is 5.02 Å². The van der Waals surface area contributed by atoms with E-state index in [1.54, 1.807) is 11.3 Å². The van der Waals surface area contributed by atoms with E-state index in [-0.39, 0.29) is 11.2 Å². The number of halogens is 3. The fourth-order valence-electron chi connectivity index (χ4n) is 1.76. The maximum Gasteiger partial charge on any atom is 0.125 e. The Bertz CT molecular complexity index is 596. The number of rotatable bonds is 3. The van der Waals surface area contributed by atoms with Crippen LogP contribution in [0.1, 0.15) is 30.5 Å². The fourth-order valence-corrected chi connectivity index (χ4v) is 3.73. The van der Waals surface area contributed by atoms with Crippen LogP contribution in [0.3, 0.4) is 0 Å². The monoisotopic (exact) mass is 375 g/mol. The lowest BCUT2D eigenvalue weighted by molar-refractivity contribution is 0.604. The van der Waals surface area contributed by atoms with Crippen LogP contribution in [0.5, 0.6) is 0 Å². The Morgan fingerprint density at radius 2 is 2.00 bits per heavy atom. The third-order valence-electron chi connectivity index (χ3n) is 2.85. The molecule has 5 heteroatoms. The average Bonchev–Trinajstić information content (AvgIpc) is 2.75. The van der Waals surface area contributed by atoms with Gasteiger partial charge in [-0.05, 0) is 45.6 Å². The number of nitrogens with one attached hydrogen (secondary N) is 1. The van der Waals surface area contributed by atoms with Crippen LogP contribution in [-0.4, -0.2) is 0 Å². The standard InChI is InChI=1S/C15H16BrClFNS/c1-15(2,3)13-5-4-10(20-13)8-19-14-11(16)6-9(18)7-12(14)17/h4-7,19H,8H2,1-3H3. The number of hydrogen-bond acceptors (Lipinski definition) is 2. The van der Waals surface area contributed by atoms with E-state index in [0.717, 1.165) is 5.69 Å². The van der Waals surface area contributed by atoms with Gasteiger partial charge in [-0.15, -0.1) is 11.3 Å². The van der Waals surface area contributed by atoms with E-state index in [2.05, 4.69) is 54.2 Å². The van der Waals surface area contributed by atoms with Crippen molar-refractivity contribution in [1.82, 2.24) is 0 Å². The number of benzene rings is 1. The van der Waals surface area contributed by atoms with E-state index in [0.29, 0.717) is 16.0 Å². The van der Waals surface area contributed by atoms with Crippen LogP contribution >= 0.6 is 38.9 Å². The van der Waals surface area contributed by atoms with Crippen LogP contribution in [0.15, 0.2) is 28.7 Å². The molecule has 0 unspecified atom stereocenters. The largest absolute Gasteiger partial charge is 0.378 e. The molecule has 0 aliphatic rings. The van der Waals surface area contributed by atoms with Gasteiger partial charge in [0.1, 0.15) is 5.82 Å². The normalized spacial score (nSPS) is 11.7. The van der Waals surface area contributed by atoms with Crippen molar-refractivity contribution in [2.45, 2.75) is 32.7 Å². The minimum atomic E-state index is -0.349. The van der Waals surface area contributed by atoms with E-state index in [1.807, 2.05) is 0 Å². The second-order valence-corrected chi connectivity index (χ2v) is 8.04. The minimum Gasteiger partial charge on any atom is -0.378 e. The third-order valence-corrected chi connectivity index (χ3v) is 5.28. The van der Waals surface area contributed by atoms with Crippen molar-refractivity contribution in [3.63, 3.8) is 0 Å². The maximum absolute atomic E-state index is 13.2. The summed E-state index contributed by atoms with van der Waals surface area (Å²) in [7, 11) is 0. The lowest BCUT2D eigenvalue weighted by atomic mass is 9.95. The van der Waals surface area contributed by atoms with Crippen molar-refractivity contribution >= 4 is 44.6 Å². The van der Waals surface area contributed by atoms with Crippen molar-refractivity contribution in [2.75, 3.05) is 5.32 Å². The molecule has 0 saturated heterocycles. The van der Waals surface area contributed by atoms with Crippen molar-refractivity contribution in [2.24, 2.45) is 0 Å². The Morgan fingerprint density at radius 3 is 2.55 bits per heavy atom. The predicted octanol–water partition coefficient (Wildman–Crippen LogP) is 6.21. The quantitative estimate of drug-likeness (QED) is 0.671. The van der Waals surface area contributed by atoms with Crippen molar-refractivity contribution in [3.8, 4) is 0 Å². The summed E-state index contributed by atoms with van der Waals surface area (Å²) in [6, 6.07) is 6.99. The molecular weight excluding hydrogens is 361 g/mol. The second-order valence-electron chi connectivity index (χ2n) is 5.61. The van der Waals surface area contributed by atoms with E-state index < -0.39 is 0 Å². The highest BCUT2D eigenvalue weighted by atomic mass is 79.9. The molecule has 1 nitrogen and oxygen atoms in total. The molecule has 0 amide bonds. The van der Waals surface area contributed by atoms with E-state index in [9.17, 15) is 4.39 Å². The molecule has 108 valence electrons. The molecule has 0 spiro atoms. The molecule has 2 aromatic rings. The van der Waals surface area contributed by atoms with Gasteiger partial charge in [0.15, 0.2) is 0 Å². The first kappa shape index (κ1) is 15.8. The molecule has 0 bridgehead atoms. The predicted molar refractivity (Wildman–Crippen MR) is 89.5 cm³/mol. The molecule has 0 fully saturated rings. The lowest BCUT2D eigenvalue weighted by Gasteiger charge is -2.15. The lowest BCUT2D eigenvalue weighted by Crippen LogP contribution is -2.07. The summed E-state index contributed by atoms with van der Waals surface area (Å²) < 4.78 is 13.8. The van der Waals surface area contributed by atoms with Crippen LogP contribution in [0, 0.1) is 5.82 Å². The zero-order chi connectivity index (χ0) is 14.9. The van der Waals surface area contributed by atoms with Gasteiger partial charge in [0.05, 0.1) is 10.7 Å². The van der Waals surface area contributed by atoms with Gasteiger partial charge in [-0.3, -0.25) is 0 Å². The minimum absolute atomic E-state index is 0.164. The van der Waals surface area contributed by atoms with E-state index in [1.165, 1.54) is 21.9 Å². The molecule has 0 aliphatic heterocycles. The topological polar surface area (TPSA) is 12.0 Å². The Morgan fingerprint density at radius 1 is 1.30 bits per heavy atom. The molecule has 1 aromatic carbocycles. The Labute approximate surface area is 136 Å². The molecule has 1 N–H and O–H groups in total. The highest BCUT2D eigenvalue weighted by Gasteiger charge is 2.16. The molecule has 1 aromatic heterocycles. The molecule has 2 rings (SSSR count). The van der Waals surface area contributed by atoms with Gasteiger partial charge in [-0.25, -0.2) is 4.39 Å². The van der Waals surface area contributed by atoms with Crippen LogP contribution in [0.4, 0.5) is 10.1 Å². The van der Waals surface area contributed by atoms with Crippen LogP contribution < -0.4 is 5.32 Å². The molecule has 1 heterocycles. The summed E-state index contributed by atoms with van der Waals surface area (Å²) in [5.41, 5.74) is 0.885. The number of hydrogen-bond donors (Lipinski definition) is 1. The third kappa shape index (κ3) is 3.74. The number of anilines is 1. The molecule has 20 heavy (non-hydrogen) atoms. The van der Waals surface area contributed by atoms with Crippen LogP contribution in [0.25, 0.3) is 0 Å². The first-order chi connectivity index (χ1) is 9.27. The van der Waals surface area contributed by atoms with Crippen molar-refractivity contribution in [1.29, 1.82) is 0 Å². The first-order valence-electron chi connectivity index (χ1n) is 6.25. The SMILES string of the molecule is CC(C)(C)c1ccc(CNc2c(Cl)cc(F)cc2Br)s1. The average molecular weight is 377 g/mol. The molecule has 0 aliphatic carbocycles. The maximum atomic E-state index is 13.2. The first-order valence-corrected chi connectivity index (χ1v) is 8.24. The summed E-state index contributed by atoms with van der Waals surface area (Å²) in [6.07, 6.45) is 0. The van der Waals surface area contributed by atoms with E-state index >= 15 is 0 Å². The van der Waals surface area contributed by atoms with Crippen molar-refractivity contribution < 1.29 is 4.39 Å². The smallest absolute Gasteiger partial charge is 0.125 e. The van der Waals surface area contributed by atoms with Gasteiger partial charge < -0.3 is 5.32 Å². The van der Waals surface area contributed by atoms with Gasteiger partial charge in [-0.2, -0.15) is 0 Å². The summed E-state index contributed by atoms with van der Waals surface area (Å²) in [4.78, 5) is 2.57. The van der Waals surface area contributed by atoms with Crippen LogP contribution in [-0.2, 0) is 12.0 Å². The van der Waals surface area contributed by atoms with Gasteiger partial charge in [-0.1, -0.05) is 32.4 Å². The zero-order valence-corrected chi connectivity index (χ0v) is 14.7. The van der Waals surface area contributed by atoms with Crippen molar-refractivity contribution in [3.05, 3.63) is 49.3 Å². The number of thiophene rings is 1. The van der Waals surface area contributed by atoms with Gasteiger partial charge in [0.25, 0.3) is 0 Å². The Kier molecular flexibility index (Phi) is 4.77. The second kappa shape index (κ2) is 6.04. The summed E-state index contributed by atoms with van der Waals surface area (Å²) in [5.74, 6) is -0.349. The molecule has 0 radical (unpaired) electrons. The highest BCUT2D eigenvalue weighted by molar-refractivity contribution is 9.10. The van der Waals surface area contributed by atoms with E-state index in [4.69, 9.17) is 11.6 Å². The highest BCUT2D eigenvalue weighted by Crippen LogP contribution is 2.33.